The van der Waals surface area contributed by atoms with Gasteiger partial charge in [-0.15, -0.1) is 10.2 Å². The Morgan fingerprint density at radius 3 is 2.70 bits per heavy atom. The van der Waals surface area contributed by atoms with Crippen molar-refractivity contribution in [3.63, 3.8) is 0 Å². The first-order valence-corrected chi connectivity index (χ1v) is 7.82. The number of alkyl halides is 3. The molecule has 0 aliphatic heterocycles. The number of fused-ring (bicyclic) bond motifs is 1. The summed E-state index contributed by atoms with van der Waals surface area (Å²) in [6.45, 7) is 0.328. The van der Waals surface area contributed by atoms with Crippen molar-refractivity contribution in [1.82, 2.24) is 29.3 Å². The zero-order valence-corrected chi connectivity index (χ0v) is 13.6. The van der Waals surface area contributed by atoms with Crippen LogP contribution in [0.2, 0.25) is 0 Å². The molecule has 0 aromatic carbocycles. The van der Waals surface area contributed by atoms with Gasteiger partial charge in [0, 0.05) is 37.0 Å². The second kappa shape index (κ2) is 6.34. The summed E-state index contributed by atoms with van der Waals surface area (Å²) in [5, 5.41) is 11.4. The SMILES string of the molecule is O=c1cc(-c2noc(C(F)(F)F)n2)ccn1CCc1nnc2ccccn12. The van der Waals surface area contributed by atoms with Gasteiger partial charge in [0.15, 0.2) is 5.65 Å². The molecule has 0 atom stereocenters. The lowest BCUT2D eigenvalue weighted by Gasteiger charge is -2.05. The van der Waals surface area contributed by atoms with E-state index >= 15 is 0 Å². The van der Waals surface area contributed by atoms with Crippen molar-refractivity contribution >= 4 is 5.65 Å². The van der Waals surface area contributed by atoms with Gasteiger partial charge in [-0.2, -0.15) is 18.2 Å². The van der Waals surface area contributed by atoms with Crippen LogP contribution in [0.25, 0.3) is 17.0 Å². The van der Waals surface area contributed by atoms with Crippen LogP contribution in [0.5, 0.6) is 0 Å². The molecule has 0 unspecified atom stereocenters. The van der Waals surface area contributed by atoms with Crippen LogP contribution in [0.3, 0.4) is 0 Å². The average molecular weight is 376 g/mol. The van der Waals surface area contributed by atoms with Gasteiger partial charge in [-0.1, -0.05) is 11.2 Å². The summed E-state index contributed by atoms with van der Waals surface area (Å²) in [7, 11) is 0. The molecular formula is C16H11F3N6O2. The summed E-state index contributed by atoms with van der Waals surface area (Å²) in [6.07, 6.45) is -0.998. The van der Waals surface area contributed by atoms with Crippen LogP contribution in [0.4, 0.5) is 13.2 Å². The molecule has 0 aliphatic carbocycles. The van der Waals surface area contributed by atoms with Crippen molar-refractivity contribution in [1.29, 1.82) is 0 Å². The summed E-state index contributed by atoms with van der Waals surface area (Å²) in [4.78, 5) is 15.5. The highest BCUT2D eigenvalue weighted by molar-refractivity contribution is 5.52. The second-order valence-corrected chi connectivity index (χ2v) is 5.66. The van der Waals surface area contributed by atoms with Gasteiger partial charge in [0.1, 0.15) is 5.82 Å². The first-order chi connectivity index (χ1) is 12.9. The van der Waals surface area contributed by atoms with Crippen molar-refractivity contribution in [3.8, 4) is 11.4 Å². The number of rotatable bonds is 4. The minimum absolute atomic E-state index is 0.142. The number of halogens is 3. The molecule has 0 N–H and O–H groups in total. The Bertz CT molecular complexity index is 1160. The maximum atomic E-state index is 12.5. The molecule has 138 valence electrons. The van der Waals surface area contributed by atoms with Gasteiger partial charge in [-0.3, -0.25) is 9.20 Å². The smallest absolute Gasteiger partial charge is 0.329 e. The lowest BCUT2D eigenvalue weighted by Crippen LogP contribution is -2.20. The summed E-state index contributed by atoms with van der Waals surface area (Å²) >= 11 is 0. The molecule has 4 aromatic heterocycles. The summed E-state index contributed by atoms with van der Waals surface area (Å²) in [6, 6.07) is 8.12. The highest BCUT2D eigenvalue weighted by Crippen LogP contribution is 2.29. The number of pyridine rings is 2. The Balaban J connectivity index is 1.54. The number of hydrogen-bond donors (Lipinski definition) is 0. The average Bonchev–Trinajstić information content (AvgIpc) is 3.28. The summed E-state index contributed by atoms with van der Waals surface area (Å²) in [5.74, 6) is -1.06. The first-order valence-electron chi connectivity index (χ1n) is 7.82. The molecule has 0 aliphatic rings. The van der Waals surface area contributed by atoms with Crippen LogP contribution in [-0.2, 0) is 19.1 Å². The Kier molecular flexibility index (Phi) is 3.98. The molecule has 0 saturated carbocycles. The summed E-state index contributed by atoms with van der Waals surface area (Å²) < 4.78 is 45.0. The second-order valence-electron chi connectivity index (χ2n) is 5.66. The number of aromatic nitrogens is 6. The Hall–Kier alpha value is -3.50. The standard InChI is InChI=1S/C16H11F3N6O2/c17-16(18,19)15-20-14(23-27-15)10-4-7-24(13(26)9-10)8-5-12-22-21-11-3-1-2-6-25(11)12/h1-4,6-7,9H,5,8H2. The van der Waals surface area contributed by atoms with E-state index in [0.717, 1.165) is 6.07 Å². The van der Waals surface area contributed by atoms with Crippen LogP contribution in [0.15, 0.2) is 52.0 Å². The lowest BCUT2D eigenvalue weighted by atomic mass is 10.2. The van der Waals surface area contributed by atoms with Crippen molar-refractivity contribution in [3.05, 3.63) is 64.8 Å². The van der Waals surface area contributed by atoms with Crippen molar-refractivity contribution in [2.24, 2.45) is 0 Å². The van der Waals surface area contributed by atoms with E-state index in [1.54, 1.807) is 0 Å². The molecule has 4 rings (SSSR count). The molecule has 8 nitrogen and oxygen atoms in total. The van der Waals surface area contributed by atoms with Gasteiger partial charge >= 0.3 is 12.1 Å². The van der Waals surface area contributed by atoms with Gasteiger partial charge in [0.25, 0.3) is 5.56 Å². The fourth-order valence-corrected chi connectivity index (χ4v) is 2.57. The number of aryl methyl sites for hydroxylation is 2. The van der Waals surface area contributed by atoms with Gasteiger partial charge in [0.05, 0.1) is 0 Å². The normalized spacial score (nSPS) is 12.0. The van der Waals surface area contributed by atoms with Crippen LogP contribution < -0.4 is 5.56 Å². The van der Waals surface area contributed by atoms with E-state index in [-0.39, 0.29) is 11.4 Å². The molecule has 0 fully saturated rings. The van der Waals surface area contributed by atoms with Crippen LogP contribution in [-0.4, -0.2) is 29.3 Å². The third kappa shape index (κ3) is 3.30. The molecule has 0 bridgehead atoms. The Labute approximate surface area is 148 Å². The van der Waals surface area contributed by atoms with Crippen LogP contribution in [0.1, 0.15) is 11.7 Å². The molecule has 0 radical (unpaired) electrons. The largest absolute Gasteiger partial charge is 0.471 e. The van der Waals surface area contributed by atoms with E-state index in [9.17, 15) is 18.0 Å². The fraction of sp³-hybridized carbons (Fsp3) is 0.188. The quantitative estimate of drug-likeness (QED) is 0.542. The zero-order chi connectivity index (χ0) is 19.0. The predicted octanol–water partition coefficient (Wildman–Crippen LogP) is 2.20. The first kappa shape index (κ1) is 16.9. The fourth-order valence-electron chi connectivity index (χ4n) is 2.57. The van der Waals surface area contributed by atoms with E-state index in [2.05, 4.69) is 24.9 Å². The van der Waals surface area contributed by atoms with Gasteiger partial charge in [0.2, 0.25) is 5.82 Å². The number of nitrogens with zero attached hydrogens (tertiary/aromatic N) is 6. The molecule has 11 heteroatoms. The minimum atomic E-state index is -4.73. The number of hydrogen-bond acceptors (Lipinski definition) is 6. The Morgan fingerprint density at radius 2 is 1.96 bits per heavy atom. The van der Waals surface area contributed by atoms with Crippen LogP contribution in [0, 0.1) is 0 Å². The maximum absolute atomic E-state index is 12.5. The van der Waals surface area contributed by atoms with E-state index in [1.165, 1.54) is 16.8 Å². The third-order valence-electron chi connectivity index (χ3n) is 3.88. The molecule has 4 heterocycles. The zero-order valence-electron chi connectivity index (χ0n) is 13.6. The van der Waals surface area contributed by atoms with E-state index in [0.29, 0.717) is 24.4 Å². The molecule has 0 saturated heterocycles. The third-order valence-corrected chi connectivity index (χ3v) is 3.88. The van der Waals surface area contributed by atoms with Crippen molar-refractivity contribution < 1.29 is 17.7 Å². The van der Waals surface area contributed by atoms with Crippen molar-refractivity contribution in [2.75, 3.05) is 0 Å². The van der Waals surface area contributed by atoms with Crippen LogP contribution >= 0.6 is 0 Å². The van der Waals surface area contributed by atoms with E-state index < -0.39 is 17.6 Å². The molecule has 0 spiro atoms. The molecule has 27 heavy (non-hydrogen) atoms. The topological polar surface area (TPSA) is 91.1 Å². The van der Waals surface area contributed by atoms with E-state index in [1.807, 2.05) is 28.8 Å². The van der Waals surface area contributed by atoms with Crippen molar-refractivity contribution in [2.45, 2.75) is 19.1 Å². The highest BCUT2D eigenvalue weighted by atomic mass is 19.4. The predicted molar refractivity (Wildman–Crippen MR) is 85.7 cm³/mol. The molecule has 0 amide bonds. The lowest BCUT2D eigenvalue weighted by molar-refractivity contribution is -0.159. The highest BCUT2D eigenvalue weighted by Gasteiger charge is 2.38. The molecule has 4 aromatic rings. The summed E-state index contributed by atoms with van der Waals surface area (Å²) in [5.41, 5.74) is 0.441. The minimum Gasteiger partial charge on any atom is -0.329 e. The van der Waals surface area contributed by atoms with E-state index in [4.69, 9.17) is 0 Å². The van der Waals surface area contributed by atoms with Gasteiger partial charge < -0.3 is 9.09 Å². The van der Waals surface area contributed by atoms with Gasteiger partial charge in [-0.05, 0) is 18.2 Å². The monoisotopic (exact) mass is 376 g/mol. The Morgan fingerprint density at radius 1 is 1.11 bits per heavy atom. The van der Waals surface area contributed by atoms with Gasteiger partial charge in [-0.25, -0.2) is 0 Å². The molecular weight excluding hydrogens is 365 g/mol. The maximum Gasteiger partial charge on any atom is 0.471 e.